The number of aliphatic carboxylic acids is 1. The molecule has 6 N–H and O–H groups in total. The molecule has 4 amide bonds. The number of carbonyl (C=O) groups excluding carboxylic acids is 4. The SMILES string of the molecule is CCC(=O)N[C@H](C(=O)N[C@@H](Cc1ccc(-c2ccccn2)cc1)C[C@H](O)[C@H](Cc1ccccc1)NC(=O)[C@@H](NC(=O)OC)C(C)(C)OCC(=O)O)C(C)(C)C. The zero-order valence-corrected chi connectivity index (χ0v) is 32.6. The Bertz CT molecular complexity index is 1710. The van der Waals surface area contributed by atoms with Gasteiger partial charge in [0.2, 0.25) is 17.7 Å². The van der Waals surface area contributed by atoms with Gasteiger partial charge in [-0.1, -0.05) is 88.4 Å². The van der Waals surface area contributed by atoms with E-state index in [2.05, 4.69) is 26.3 Å². The summed E-state index contributed by atoms with van der Waals surface area (Å²) in [4.78, 5) is 68.5. The predicted octanol–water partition coefficient (Wildman–Crippen LogP) is 3.80. The quantitative estimate of drug-likeness (QED) is 0.104. The summed E-state index contributed by atoms with van der Waals surface area (Å²) in [6, 6.07) is 18.5. The number of benzene rings is 2. The van der Waals surface area contributed by atoms with Crippen molar-refractivity contribution in [3.63, 3.8) is 0 Å². The number of hydrogen-bond acceptors (Lipinski definition) is 9. The minimum atomic E-state index is -1.53. The average Bonchev–Trinajstić information content (AvgIpc) is 3.15. The monoisotopic (exact) mass is 761 g/mol. The van der Waals surface area contributed by atoms with Gasteiger partial charge < -0.3 is 41.0 Å². The summed E-state index contributed by atoms with van der Waals surface area (Å²) >= 11 is 0. The number of aliphatic hydroxyl groups is 1. The van der Waals surface area contributed by atoms with Gasteiger partial charge in [-0.05, 0) is 61.8 Å². The molecule has 0 unspecified atom stereocenters. The number of aromatic nitrogens is 1. The Morgan fingerprint density at radius 2 is 1.38 bits per heavy atom. The number of rotatable bonds is 19. The molecular weight excluding hydrogens is 706 g/mol. The molecule has 14 nitrogen and oxygen atoms in total. The average molecular weight is 762 g/mol. The molecule has 3 aromatic rings. The molecule has 0 aliphatic carbocycles. The minimum Gasteiger partial charge on any atom is -0.480 e. The molecule has 0 saturated heterocycles. The van der Waals surface area contributed by atoms with Crippen LogP contribution in [0.5, 0.6) is 0 Å². The van der Waals surface area contributed by atoms with Crippen molar-refractivity contribution in [2.24, 2.45) is 5.41 Å². The lowest BCUT2D eigenvalue weighted by atomic mass is 9.85. The molecule has 1 heterocycles. The van der Waals surface area contributed by atoms with Crippen molar-refractivity contribution in [2.75, 3.05) is 13.7 Å². The number of hydrogen-bond donors (Lipinski definition) is 6. The highest BCUT2D eigenvalue weighted by Crippen LogP contribution is 2.23. The number of carbonyl (C=O) groups is 5. The third-order valence-electron chi connectivity index (χ3n) is 9.09. The standard InChI is InChI=1S/C41H55N5O9/c1-8-33(48)45-35(40(2,3)4)37(51)43-29(22-27-17-19-28(20-18-27)30-16-12-13-21-42-30)24-32(47)31(23-26-14-10-9-11-15-26)44-38(52)36(46-39(53)54-7)41(5,6)55-25-34(49)50/h9-21,29,31-32,35-36,47H,8,22-25H2,1-7H3,(H,43,51)(H,44,52)(H,45,48)(H,46,53)(H,49,50)/t29-,31-,32-,35+,36+/m0/s1. The van der Waals surface area contributed by atoms with Gasteiger partial charge in [0.15, 0.2) is 0 Å². The minimum absolute atomic E-state index is 0.0297. The van der Waals surface area contributed by atoms with Crippen molar-refractivity contribution in [2.45, 2.75) is 103 Å². The molecular formula is C41H55N5O9. The Hall–Kier alpha value is -5.34. The maximum Gasteiger partial charge on any atom is 0.407 e. The number of alkyl carbamates (subject to hydrolysis) is 1. The van der Waals surface area contributed by atoms with E-state index in [4.69, 9.17) is 9.47 Å². The fraction of sp³-hybridized carbons (Fsp3) is 0.463. The highest BCUT2D eigenvalue weighted by Gasteiger charge is 2.40. The van der Waals surface area contributed by atoms with Crippen molar-refractivity contribution in [3.05, 3.63) is 90.1 Å². The van der Waals surface area contributed by atoms with E-state index in [1.165, 1.54) is 13.8 Å². The Morgan fingerprint density at radius 1 is 0.764 bits per heavy atom. The lowest BCUT2D eigenvalue weighted by Crippen LogP contribution is -2.62. The molecule has 2 aromatic carbocycles. The number of nitrogens with one attached hydrogen (secondary N) is 4. The van der Waals surface area contributed by atoms with Crippen LogP contribution in [-0.2, 0) is 41.5 Å². The van der Waals surface area contributed by atoms with E-state index < -0.39 is 71.8 Å². The van der Waals surface area contributed by atoms with Crippen LogP contribution < -0.4 is 21.3 Å². The number of carboxylic acid groups (broad SMARTS) is 1. The van der Waals surface area contributed by atoms with Crippen LogP contribution in [0.1, 0.15) is 65.5 Å². The second-order valence-corrected chi connectivity index (χ2v) is 15.0. The molecule has 5 atom stereocenters. The topological polar surface area (TPSA) is 205 Å². The fourth-order valence-electron chi connectivity index (χ4n) is 5.98. The summed E-state index contributed by atoms with van der Waals surface area (Å²) in [5.41, 5.74) is 1.16. The summed E-state index contributed by atoms with van der Waals surface area (Å²) in [6.45, 7) is 9.40. The summed E-state index contributed by atoms with van der Waals surface area (Å²) < 4.78 is 10.2. The Labute approximate surface area is 322 Å². The summed E-state index contributed by atoms with van der Waals surface area (Å²) in [5, 5.41) is 32.4. The van der Waals surface area contributed by atoms with Gasteiger partial charge in [0.25, 0.3) is 0 Å². The molecule has 0 saturated carbocycles. The van der Waals surface area contributed by atoms with Gasteiger partial charge in [-0.25, -0.2) is 9.59 Å². The third-order valence-corrected chi connectivity index (χ3v) is 9.09. The molecule has 3 rings (SSSR count). The van der Waals surface area contributed by atoms with Gasteiger partial charge in [-0.2, -0.15) is 0 Å². The highest BCUT2D eigenvalue weighted by molar-refractivity contribution is 5.88. The van der Waals surface area contributed by atoms with Crippen molar-refractivity contribution in [3.8, 4) is 11.3 Å². The van der Waals surface area contributed by atoms with E-state index in [0.29, 0.717) is 6.42 Å². The summed E-state index contributed by atoms with van der Waals surface area (Å²) in [5.74, 6) is -2.75. The molecule has 55 heavy (non-hydrogen) atoms. The first-order valence-corrected chi connectivity index (χ1v) is 18.3. The van der Waals surface area contributed by atoms with Crippen LogP contribution in [0.25, 0.3) is 11.3 Å². The molecule has 1 aromatic heterocycles. The Balaban J connectivity index is 1.99. The zero-order valence-electron chi connectivity index (χ0n) is 32.6. The van der Waals surface area contributed by atoms with Crippen LogP contribution in [-0.4, -0.2) is 94.6 Å². The van der Waals surface area contributed by atoms with Crippen LogP contribution in [0.4, 0.5) is 4.79 Å². The van der Waals surface area contributed by atoms with E-state index in [1.54, 1.807) is 13.1 Å². The predicted molar refractivity (Wildman–Crippen MR) is 207 cm³/mol. The first-order valence-electron chi connectivity index (χ1n) is 18.3. The van der Waals surface area contributed by atoms with E-state index in [0.717, 1.165) is 29.5 Å². The zero-order chi connectivity index (χ0) is 40.8. The smallest absolute Gasteiger partial charge is 0.407 e. The maximum atomic E-state index is 14.0. The van der Waals surface area contributed by atoms with Gasteiger partial charge >= 0.3 is 12.1 Å². The van der Waals surface area contributed by atoms with E-state index in [-0.39, 0.29) is 25.2 Å². The molecule has 0 bridgehead atoms. The number of ether oxygens (including phenoxy) is 2. The first kappa shape index (κ1) is 44.1. The van der Waals surface area contributed by atoms with Crippen LogP contribution in [0, 0.1) is 5.41 Å². The fourth-order valence-corrected chi connectivity index (χ4v) is 5.98. The summed E-state index contributed by atoms with van der Waals surface area (Å²) in [6.07, 6.45) is 0.106. The molecule has 14 heteroatoms. The van der Waals surface area contributed by atoms with Crippen LogP contribution in [0.2, 0.25) is 0 Å². The summed E-state index contributed by atoms with van der Waals surface area (Å²) in [7, 11) is 1.12. The molecule has 0 aliphatic heterocycles. The third kappa shape index (κ3) is 14.1. The van der Waals surface area contributed by atoms with Gasteiger partial charge in [0.1, 0.15) is 18.7 Å². The lowest BCUT2D eigenvalue weighted by Gasteiger charge is -2.36. The number of aliphatic hydroxyl groups excluding tert-OH is 1. The van der Waals surface area contributed by atoms with Gasteiger partial charge in [0.05, 0.1) is 30.6 Å². The van der Waals surface area contributed by atoms with Crippen molar-refractivity contribution in [1.29, 1.82) is 0 Å². The van der Waals surface area contributed by atoms with Crippen molar-refractivity contribution in [1.82, 2.24) is 26.3 Å². The van der Waals surface area contributed by atoms with Crippen LogP contribution in [0.15, 0.2) is 79.0 Å². The maximum absolute atomic E-state index is 14.0. The van der Waals surface area contributed by atoms with Gasteiger partial charge in [0, 0.05) is 24.2 Å². The second-order valence-electron chi connectivity index (χ2n) is 15.0. The first-order chi connectivity index (χ1) is 25.9. The second kappa shape index (κ2) is 20.4. The Morgan fingerprint density at radius 3 is 1.95 bits per heavy atom. The normalized spacial score (nSPS) is 14.3. The van der Waals surface area contributed by atoms with Crippen molar-refractivity contribution < 1.29 is 43.7 Å². The molecule has 0 aliphatic rings. The number of nitrogens with zero attached hydrogens (tertiary/aromatic N) is 1. The van der Waals surface area contributed by atoms with E-state index >= 15 is 0 Å². The van der Waals surface area contributed by atoms with Crippen LogP contribution >= 0.6 is 0 Å². The van der Waals surface area contributed by atoms with E-state index in [9.17, 15) is 34.2 Å². The highest BCUT2D eigenvalue weighted by atomic mass is 16.5. The van der Waals surface area contributed by atoms with Gasteiger partial charge in [-0.3, -0.25) is 19.4 Å². The largest absolute Gasteiger partial charge is 0.480 e. The molecule has 298 valence electrons. The van der Waals surface area contributed by atoms with Crippen molar-refractivity contribution >= 4 is 29.8 Å². The number of methoxy groups -OCH3 is 1. The van der Waals surface area contributed by atoms with Crippen LogP contribution in [0.3, 0.4) is 0 Å². The number of pyridine rings is 1. The number of amides is 4. The molecule has 0 radical (unpaired) electrons. The van der Waals surface area contributed by atoms with E-state index in [1.807, 2.05) is 93.6 Å². The van der Waals surface area contributed by atoms with Gasteiger partial charge in [-0.15, -0.1) is 0 Å². The lowest BCUT2D eigenvalue weighted by molar-refractivity contribution is -0.153. The molecule has 0 spiro atoms. The molecule has 0 fully saturated rings. The number of carboxylic acids is 1. The Kier molecular flexibility index (Phi) is 16.3.